The average molecular weight is 249 g/mol. The van der Waals surface area contributed by atoms with E-state index in [9.17, 15) is 0 Å². The van der Waals surface area contributed by atoms with Crippen molar-refractivity contribution >= 4 is 17.8 Å². The number of furan rings is 1. The quantitative estimate of drug-likeness (QED) is 0.517. The molecular weight excluding hydrogens is 234 g/mol. The summed E-state index contributed by atoms with van der Waals surface area (Å²) in [6.07, 6.45) is 1.61. The Balaban J connectivity index is 2.13. The van der Waals surface area contributed by atoms with Crippen molar-refractivity contribution in [3.63, 3.8) is 0 Å². The maximum atomic E-state index is 5.31. The number of hydrazine groups is 1. The van der Waals surface area contributed by atoms with Crippen LogP contribution in [0.5, 0.6) is 0 Å². The smallest absolute Gasteiger partial charge is 0.243 e. The minimum atomic E-state index is 0.302. The Hall–Kier alpha value is -2.35. The van der Waals surface area contributed by atoms with Crippen molar-refractivity contribution < 1.29 is 4.42 Å². The molecule has 0 saturated heterocycles. The standard InChI is InChI=1S/C10H15N7O/c1-17(2)10-14-8(13-9(15-10)16-11)12-6-7-4-3-5-18-7/h3-5H,6,11H2,1-2H3,(H2,12,13,14,15,16). The fraction of sp³-hybridized carbons (Fsp3) is 0.300. The molecule has 0 radical (unpaired) electrons. The number of nitrogens with zero attached hydrogens (tertiary/aromatic N) is 4. The monoisotopic (exact) mass is 249 g/mol. The molecule has 0 bridgehead atoms. The Morgan fingerprint density at radius 1 is 1.28 bits per heavy atom. The molecule has 4 N–H and O–H groups in total. The number of nitrogen functional groups attached to an aromatic ring is 1. The van der Waals surface area contributed by atoms with Gasteiger partial charge in [0.1, 0.15) is 5.76 Å². The zero-order valence-corrected chi connectivity index (χ0v) is 10.2. The van der Waals surface area contributed by atoms with Crippen LogP contribution in [0.25, 0.3) is 0 Å². The van der Waals surface area contributed by atoms with Crippen LogP contribution in [0, 0.1) is 0 Å². The lowest BCUT2D eigenvalue weighted by molar-refractivity contribution is 0.517. The Labute approximate surface area is 104 Å². The van der Waals surface area contributed by atoms with Gasteiger partial charge in [-0.05, 0) is 12.1 Å². The largest absolute Gasteiger partial charge is 0.467 e. The van der Waals surface area contributed by atoms with Crippen LogP contribution < -0.4 is 21.5 Å². The Morgan fingerprint density at radius 3 is 2.67 bits per heavy atom. The van der Waals surface area contributed by atoms with E-state index in [2.05, 4.69) is 25.7 Å². The lowest BCUT2D eigenvalue weighted by Crippen LogP contribution is -2.19. The van der Waals surface area contributed by atoms with Crippen LogP contribution in [0.2, 0.25) is 0 Å². The second kappa shape index (κ2) is 5.32. The molecule has 2 aromatic rings. The molecule has 0 unspecified atom stereocenters. The Morgan fingerprint density at radius 2 is 2.06 bits per heavy atom. The number of anilines is 3. The molecule has 0 saturated carbocycles. The van der Waals surface area contributed by atoms with Gasteiger partial charge in [-0.25, -0.2) is 5.84 Å². The third kappa shape index (κ3) is 2.86. The third-order valence-corrected chi connectivity index (χ3v) is 2.15. The first-order valence-electron chi connectivity index (χ1n) is 5.35. The number of hydrogen-bond acceptors (Lipinski definition) is 8. The molecule has 8 nitrogen and oxygen atoms in total. The van der Waals surface area contributed by atoms with E-state index in [-0.39, 0.29) is 0 Å². The lowest BCUT2D eigenvalue weighted by Gasteiger charge is -2.12. The van der Waals surface area contributed by atoms with Gasteiger partial charge in [0, 0.05) is 14.1 Å². The summed E-state index contributed by atoms with van der Waals surface area (Å²) in [6.45, 7) is 0.494. The molecule has 0 atom stereocenters. The molecule has 2 aromatic heterocycles. The summed E-state index contributed by atoms with van der Waals surface area (Å²) in [4.78, 5) is 14.2. The first-order chi connectivity index (χ1) is 8.69. The van der Waals surface area contributed by atoms with Gasteiger partial charge in [-0.3, -0.25) is 5.43 Å². The van der Waals surface area contributed by atoms with Crippen molar-refractivity contribution in [3.8, 4) is 0 Å². The number of rotatable bonds is 5. The highest BCUT2D eigenvalue weighted by molar-refractivity contribution is 5.42. The van der Waals surface area contributed by atoms with Gasteiger partial charge in [-0.15, -0.1) is 0 Å². The second-order valence-corrected chi connectivity index (χ2v) is 3.75. The van der Waals surface area contributed by atoms with Crippen molar-refractivity contribution in [2.75, 3.05) is 29.7 Å². The molecule has 0 amide bonds. The highest BCUT2D eigenvalue weighted by Gasteiger charge is 2.07. The summed E-state index contributed by atoms with van der Waals surface area (Å²) >= 11 is 0. The van der Waals surface area contributed by atoms with Gasteiger partial charge in [-0.1, -0.05) is 0 Å². The number of nitrogens with two attached hydrogens (primary N) is 1. The summed E-state index contributed by atoms with van der Waals surface area (Å²) in [5, 5.41) is 3.04. The minimum absolute atomic E-state index is 0.302. The van der Waals surface area contributed by atoms with Crippen LogP contribution in [0.15, 0.2) is 22.8 Å². The van der Waals surface area contributed by atoms with Crippen LogP contribution in [-0.2, 0) is 6.54 Å². The van der Waals surface area contributed by atoms with Crippen molar-refractivity contribution in [2.45, 2.75) is 6.54 Å². The molecule has 0 spiro atoms. The van der Waals surface area contributed by atoms with Gasteiger partial charge in [-0.2, -0.15) is 15.0 Å². The molecule has 2 rings (SSSR count). The van der Waals surface area contributed by atoms with Crippen LogP contribution in [-0.4, -0.2) is 29.0 Å². The Kier molecular flexibility index (Phi) is 3.58. The molecule has 2 heterocycles. The summed E-state index contributed by atoms with van der Waals surface area (Å²) in [5.74, 6) is 7.35. The van der Waals surface area contributed by atoms with E-state index < -0.39 is 0 Å². The van der Waals surface area contributed by atoms with Gasteiger partial charge in [0.2, 0.25) is 17.8 Å². The predicted molar refractivity (Wildman–Crippen MR) is 68.0 cm³/mol. The van der Waals surface area contributed by atoms with Gasteiger partial charge >= 0.3 is 0 Å². The lowest BCUT2D eigenvalue weighted by atomic mass is 10.4. The third-order valence-electron chi connectivity index (χ3n) is 2.15. The molecule has 0 aliphatic rings. The number of hydrogen-bond donors (Lipinski definition) is 3. The van der Waals surface area contributed by atoms with E-state index in [0.29, 0.717) is 24.4 Å². The molecule has 18 heavy (non-hydrogen) atoms. The molecule has 96 valence electrons. The summed E-state index contributed by atoms with van der Waals surface area (Å²) in [7, 11) is 3.68. The molecule has 0 aliphatic heterocycles. The fourth-order valence-electron chi connectivity index (χ4n) is 1.29. The van der Waals surface area contributed by atoms with Crippen LogP contribution >= 0.6 is 0 Å². The van der Waals surface area contributed by atoms with Gasteiger partial charge in [0.05, 0.1) is 12.8 Å². The summed E-state index contributed by atoms with van der Waals surface area (Å²) < 4.78 is 5.21. The topological polar surface area (TPSA) is 105 Å². The normalized spacial score (nSPS) is 10.2. The van der Waals surface area contributed by atoms with Crippen LogP contribution in [0.3, 0.4) is 0 Å². The van der Waals surface area contributed by atoms with Gasteiger partial charge < -0.3 is 14.6 Å². The van der Waals surface area contributed by atoms with E-state index in [0.717, 1.165) is 5.76 Å². The van der Waals surface area contributed by atoms with Gasteiger partial charge in [0.15, 0.2) is 0 Å². The van der Waals surface area contributed by atoms with Crippen LogP contribution in [0.4, 0.5) is 17.8 Å². The molecular formula is C10H15N7O. The minimum Gasteiger partial charge on any atom is -0.467 e. The summed E-state index contributed by atoms with van der Waals surface area (Å²) in [6, 6.07) is 3.69. The zero-order valence-electron chi connectivity index (χ0n) is 10.2. The predicted octanol–water partition coefficient (Wildman–Crippen LogP) is 0.428. The molecule has 0 aliphatic carbocycles. The van der Waals surface area contributed by atoms with Crippen molar-refractivity contribution in [1.29, 1.82) is 0 Å². The fourth-order valence-corrected chi connectivity index (χ4v) is 1.29. The van der Waals surface area contributed by atoms with E-state index in [1.54, 1.807) is 11.2 Å². The van der Waals surface area contributed by atoms with E-state index in [1.165, 1.54) is 0 Å². The van der Waals surface area contributed by atoms with E-state index in [1.807, 2.05) is 26.2 Å². The number of aromatic nitrogens is 3. The molecule has 0 fully saturated rings. The summed E-state index contributed by atoms with van der Waals surface area (Å²) in [5.41, 5.74) is 2.40. The van der Waals surface area contributed by atoms with E-state index in [4.69, 9.17) is 10.3 Å². The van der Waals surface area contributed by atoms with Gasteiger partial charge in [0.25, 0.3) is 0 Å². The van der Waals surface area contributed by atoms with E-state index >= 15 is 0 Å². The highest BCUT2D eigenvalue weighted by atomic mass is 16.3. The highest BCUT2D eigenvalue weighted by Crippen LogP contribution is 2.11. The van der Waals surface area contributed by atoms with Crippen molar-refractivity contribution in [2.24, 2.45) is 5.84 Å². The first-order valence-corrected chi connectivity index (χ1v) is 5.35. The molecule has 0 aromatic carbocycles. The zero-order chi connectivity index (χ0) is 13.0. The first kappa shape index (κ1) is 12.1. The Bertz CT molecular complexity index is 497. The SMILES string of the molecule is CN(C)c1nc(NN)nc(NCc2ccco2)n1. The molecule has 8 heteroatoms. The average Bonchev–Trinajstić information content (AvgIpc) is 2.89. The second-order valence-electron chi connectivity index (χ2n) is 3.75. The van der Waals surface area contributed by atoms with Crippen molar-refractivity contribution in [1.82, 2.24) is 15.0 Å². The maximum Gasteiger partial charge on any atom is 0.243 e. The van der Waals surface area contributed by atoms with Crippen LogP contribution in [0.1, 0.15) is 5.76 Å². The van der Waals surface area contributed by atoms with Crippen molar-refractivity contribution in [3.05, 3.63) is 24.2 Å². The maximum absolute atomic E-state index is 5.31. The number of nitrogens with one attached hydrogen (secondary N) is 2.